The summed E-state index contributed by atoms with van der Waals surface area (Å²) in [6, 6.07) is 6.55. The first-order valence-corrected chi connectivity index (χ1v) is 6.82. The molecule has 0 bridgehead atoms. The number of hydrogen-bond acceptors (Lipinski definition) is 4. The molecule has 2 N–H and O–H groups in total. The van der Waals surface area contributed by atoms with E-state index in [9.17, 15) is 8.42 Å². The minimum absolute atomic E-state index is 0.0831. The van der Waals surface area contributed by atoms with Crippen molar-refractivity contribution in [1.29, 1.82) is 5.26 Å². The maximum atomic E-state index is 11.4. The molecule has 1 aromatic heterocycles. The quantitative estimate of drug-likeness (QED) is 0.862. The van der Waals surface area contributed by atoms with Crippen LogP contribution in [0.2, 0.25) is 5.02 Å². The average Bonchev–Trinajstić information content (AvgIpc) is 2.54. The molecule has 0 unspecified atom stereocenters. The lowest BCUT2D eigenvalue weighted by molar-refractivity contribution is 0.598. The summed E-state index contributed by atoms with van der Waals surface area (Å²) in [5.41, 5.74) is 0. The molecule has 0 radical (unpaired) electrons. The third kappa shape index (κ3) is 1.79. The van der Waals surface area contributed by atoms with Crippen LogP contribution in [-0.4, -0.2) is 8.42 Å². The number of hydrogen-bond donors (Lipinski definition) is 1. The van der Waals surface area contributed by atoms with Crippen LogP contribution in [0.5, 0.6) is 0 Å². The van der Waals surface area contributed by atoms with Crippen molar-refractivity contribution in [3.05, 3.63) is 28.1 Å². The lowest BCUT2D eigenvalue weighted by Gasteiger charge is -1.96. The van der Waals surface area contributed by atoms with Crippen LogP contribution in [0.1, 0.15) is 4.88 Å². The van der Waals surface area contributed by atoms with E-state index in [1.807, 2.05) is 6.07 Å². The Labute approximate surface area is 101 Å². The molecule has 0 aliphatic heterocycles. The highest BCUT2D eigenvalue weighted by molar-refractivity contribution is 7.89. The van der Waals surface area contributed by atoms with Crippen LogP contribution in [0.4, 0.5) is 0 Å². The summed E-state index contributed by atoms with van der Waals surface area (Å²) in [4.78, 5) is -0.0357. The van der Waals surface area contributed by atoms with Gasteiger partial charge in [-0.2, -0.15) is 5.26 Å². The van der Waals surface area contributed by atoms with Crippen LogP contribution in [-0.2, 0) is 10.0 Å². The van der Waals surface area contributed by atoms with Crippen LogP contribution < -0.4 is 5.14 Å². The fourth-order valence-electron chi connectivity index (χ4n) is 1.40. The normalized spacial score (nSPS) is 11.6. The number of rotatable bonds is 1. The molecule has 2 aromatic rings. The highest BCUT2D eigenvalue weighted by Crippen LogP contribution is 2.34. The van der Waals surface area contributed by atoms with E-state index in [2.05, 4.69) is 0 Å². The third-order valence-corrected chi connectivity index (χ3v) is 4.41. The predicted octanol–water partition coefficient (Wildman–Crippen LogP) is 2.07. The van der Waals surface area contributed by atoms with Gasteiger partial charge in [0.2, 0.25) is 10.0 Å². The summed E-state index contributed by atoms with van der Waals surface area (Å²) >= 11 is 6.84. The highest BCUT2D eigenvalue weighted by Gasteiger charge is 2.21. The summed E-state index contributed by atoms with van der Waals surface area (Å²) in [6.07, 6.45) is 0. The predicted molar refractivity (Wildman–Crippen MR) is 62.9 cm³/mol. The summed E-state index contributed by atoms with van der Waals surface area (Å²) in [5, 5.41) is 14.9. The molecule has 0 amide bonds. The van der Waals surface area contributed by atoms with Crippen molar-refractivity contribution in [1.82, 2.24) is 0 Å². The van der Waals surface area contributed by atoms with Crippen LogP contribution in [0.25, 0.3) is 10.1 Å². The van der Waals surface area contributed by atoms with Crippen molar-refractivity contribution in [2.24, 2.45) is 5.14 Å². The molecular weight excluding hydrogens is 268 g/mol. The Balaban J connectivity index is 2.97. The van der Waals surface area contributed by atoms with Gasteiger partial charge in [0.1, 0.15) is 15.8 Å². The van der Waals surface area contributed by atoms with Gasteiger partial charge >= 0.3 is 0 Å². The minimum Gasteiger partial charge on any atom is -0.225 e. The van der Waals surface area contributed by atoms with E-state index in [4.69, 9.17) is 22.0 Å². The fraction of sp³-hybridized carbons (Fsp3) is 0. The van der Waals surface area contributed by atoms with Crippen molar-refractivity contribution >= 4 is 43.0 Å². The Morgan fingerprint density at radius 2 is 2.12 bits per heavy atom. The van der Waals surface area contributed by atoms with E-state index < -0.39 is 10.0 Å². The van der Waals surface area contributed by atoms with Gasteiger partial charge in [-0.1, -0.05) is 17.7 Å². The molecule has 16 heavy (non-hydrogen) atoms. The molecule has 1 aromatic carbocycles. The van der Waals surface area contributed by atoms with Gasteiger partial charge in [-0.3, -0.25) is 0 Å². The Kier molecular flexibility index (Phi) is 2.64. The Hall–Kier alpha value is -1.13. The third-order valence-electron chi connectivity index (χ3n) is 1.99. The number of benzene rings is 1. The first-order valence-electron chi connectivity index (χ1n) is 4.08. The fourth-order valence-corrected chi connectivity index (χ4v) is 3.90. The van der Waals surface area contributed by atoms with E-state index >= 15 is 0 Å². The van der Waals surface area contributed by atoms with E-state index in [0.29, 0.717) is 15.1 Å². The van der Waals surface area contributed by atoms with Gasteiger partial charge in [0.25, 0.3) is 0 Å². The molecule has 0 aliphatic rings. The molecule has 0 aliphatic carbocycles. The van der Waals surface area contributed by atoms with Crippen molar-refractivity contribution in [3.63, 3.8) is 0 Å². The SMILES string of the molecule is N#Cc1sc2cc(Cl)ccc2c1S(N)(=O)=O. The maximum absolute atomic E-state index is 11.4. The Morgan fingerprint density at radius 1 is 1.44 bits per heavy atom. The second-order valence-corrected chi connectivity index (χ2v) is 6.04. The van der Waals surface area contributed by atoms with E-state index in [1.54, 1.807) is 18.2 Å². The van der Waals surface area contributed by atoms with Crippen LogP contribution in [0.3, 0.4) is 0 Å². The number of nitrogens with zero attached hydrogens (tertiary/aromatic N) is 1. The van der Waals surface area contributed by atoms with Crippen molar-refractivity contribution < 1.29 is 8.42 Å². The van der Waals surface area contributed by atoms with Gasteiger partial charge in [-0.25, -0.2) is 13.6 Å². The number of halogens is 1. The smallest absolute Gasteiger partial charge is 0.225 e. The van der Waals surface area contributed by atoms with Crippen molar-refractivity contribution in [2.75, 3.05) is 0 Å². The monoisotopic (exact) mass is 272 g/mol. The van der Waals surface area contributed by atoms with Crippen molar-refractivity contribution in [3.8, 4) is 6.07 Å². The largest absolute Gasteiger partial charge is 0.240 e. The first-order chi connectivity index (χ1) is 7.43. The summed E-state index contributed by atoms with van der Waals surface area (Å²) in [7, 11) is -3.90. The molecule has 0 spiro atoms. The van der Waals surface area contributed by atoms with Gasteiger partial charge in [0, 0.05) is 15.1 Å². The molecule has 0 fully saturated rings. The molecule has 0 saturated heterocycles. The van der Waals surface area contributed by atoms with Crippen LogP contribution >= 0.6 is 22.9 Å². The summed E-state index contributed by atoms with van der Waals surface area (Å²) in [5.74, 6) is 0. The zero-order chi connectivity index (χ0) is 11.9. The van der Waals surface area contributed by atoms with Crippen LogP contribution in [0.15, 0.2) is 23.1 Å². The second kappa shape index (κ2) is 3.71. The number of primary sulfonamides is 1. The Morgan fingerprint density at radius 3 is 2.69 bits per heavy atom. The highest BCUT2D eigenvalue weighted by atomic mass is 35.5. The average molecular weight is 273 g/mol. The van der Waals surface area contributed by atoms with Crippen molar-refractivity contribution in [2.45, 2.75) is 4.90 Å². The van der Waals surface area contributed by atoms with E-state index in [-0.39, 0.29) is 9.77 Å². The van der Waals surface area contributed by atoms with Gasteiger partial charge in [0.05, 0.1) is 0 Å². The number of sulfonamides is 1. The van der Waals surface area contributed by atoms with Gasteiger partial charge in [0.15, 0.2) is 0 Å². The van der Waals surface area contributed by atoms with Gasteiger partial charge in [-0.15, -0.1) is 11.3 Å². The molecule has 82 valence electrons. The summed E-state index contributed by atoms with van der Waals surface area (Å²) in [6.45, 7) is 0. The molecule has 0 saturated carbocycles. The van der Waals surface area contributed by atoms with E-state index in [0.717, 1.165) is 11.3 Å². The van der Waals surface area contributed by atoms with Crippen LogP contribution in [0, 0.1) is 11.3 Å². The van der Waals surface area contributed by atoms with Gasteiger partial charge < -0.3 is 0 Å². The van der Waals surface area contributed by atoms with E-state index in [1.165, 1.54) is 0 Å². The lowest BCUT2D eigenvalue weighted by atomic mass is 10.2. The molecular formula is C9H5ClN2O2S2. The molecule has 4 nitrogen and oxygen atoms in total. The standard InChI is InChI=1S/C9H5ClN2O2S2/c10-5-1-2-6-7(3-5)15-8(4-11)9(6)16(12,13)14/h1-3H,(H2,12,13,14). The maximum Gasteiger partial charge on any atom is 0.240 e. The summed E-state index contributed by atoms with van der Waals surface area (Å²) < 4.78 is 23.4. The molecule has 0 atom stereocenters. The topological polar surface area (TPSA) is 83.9 Å². The first kappa shape index (κ1) is 11.4. The number of fused-ring (bicyclic) bond motifs is 1. The number of nitriles is 1. The lowest BCUT2D eigenvalue weighted by Crippen LogP contribution is -2.12. The number of thiophene rings is 1. The zero-order valence-electron chi connectivity index (χ0n) is 7.77. The second-order valence-electron chi connectivity index (χ2n) is 3.06. The minimum atomic E-state index is -3.90. The molecule has 2 rings (SSSR count). The zero-order valence-corrected chi connectivity index (χ0v) is 10.2. The number of nitrogens with two attached hydrogens (primary N) is 1. The molecule has 7 heteroatoms. The Bertz CT molecular complexity index is 713. The molecule has 1 heterocycles. The van der Waals surface area contributed by atoms with Gasteiger partial charge in [-0.05, 0) is 12.1 Å².